The van der Waals surface area contributed by atoms with Crippen LogP contribution >= 0.6 is 11.3 Å². The average molecular weight is 305 g/mol. The number of carbonyl (C=O) groups is 1. The summed E-state index contributed by atoms with van der Waals surface area (Å²) in [6, 6.07) is 3.31. The Balaban J connectivity index is 1.80. The molecule has 7 heteroatoms. The van der Waals surface area contributed by atoms with Crippen LogP contribution in [0.5, 0.6) is 0 Å². The molecule has 1 amide bonds. The van der Waals surface area contributed by atoms with Gasteiger partial charge in [-0.25, -0.2) is 4.79 Å². The highest BCUT2D eigenvalue weighted by Gasteiger charge is 2.28. The lowest BCUT2D eigenvalue weighted by atomic mass is 10.0. The van der Waals surface area contributed by atoms with Gasteiger partial charge in [0.25, 0.3) is 5.56 Å². The topological polar surface area (TPSA) is 75.2 Å². The van der Waals surface area contributed by atoms with E-state index in [-0.39, 0.29) is 18.5 Å². The van der Waals surface area contributed by atoms with Crippen molar-refractivity contribution in [1.82, 2.24) is 14.5 Å². The predicted octanol–water partition coefficient (Wildman–Crippen LogP) is 0.744. The lowest BCUT2D eigenvalue weighted by molar-refractivity contribution is -0.134. The Kier molecular flexibility index (Phi) is 3.50. The number of fused-ring (bicyclic) bond motifs is 1. The first-order valence-corrected chi connectivity index (χ1v) is 7.60. The molecule has 2 aromatic heterocycles. The summed E-state index contributed by atoms with van der Waals surface area (Å²) in [5, 5.41) is 2.04. The third-order valence-electron chi connectivity index (χ3n) is 3.80. The van der Waals surface area contributed by atoms with Gasteiger partial charge in [0.15, 0.2) is 0 Å². The maximum absolute atomic E-state index is 12.4. The maximum atomic E-state index is 12.4. The van der Waals surface area contributed by atoms with Crippen molar-refractivity contribution in [2.24, 2.45) is 0 Å². The summed E-state index contributed by atoms with van der Waals surface area (Å²) >= 11 is 1.72. The van der Waals surface area contributed by atoms with Gasteiger partial charge in [-0.2, -0.15) is 0 Å². The zero-order valence-electron chi connectivity index (χ0n) is 11.5. The molecule has 0 bridgehead atoms. The zero-order valence-corrected chi connectivity index (χ0v) is 12.4. The van der Waals surface area contributed by atoms with Gasteiger partial charge in [0.2, 0.25) is 5.91 Å². The van der Waals surface area contributed by atoms with Crippen molar-refractivity contribution in [2.45, 2.75) is 25.9 Å². The fourth-order valence-corrected chi connectivity index (χ4v) is 3.62. The number of thiophene rings is 1. The van der Waals surface area contributed by atoms with E-state index in [0.717, 1.165) is 6.42 Å². The molecular formula is C14H15N3O3S. The smallest absolute Gasteiger partial charge is 0.328 e. The summed E-state index contributed by atoms with van der Waals surface area (Å²) in [5.74, 6) is -0.117. The minimum Gasteiger partial charge on any atom is -0.334 e. The van der Waals surface area contributed by atoms with Gasteiger partial charge in [-0.05, 0) is 30.4 Å². The maximum Gasteiger partial charge on any atom is 0.328 e. The van der Waals surface area contributed by atoms with Gasteiger partial charge in [-0.1, -0.05) is 0 Å². The van der Waals surface area contributed by atoms with Crippen molar-refractivity contribution in [3.05, 3.63) is 55.0 Å². The van der Waals surface area contributed by atoms with Gasteiger partial charge in [0.1, 0.15) is 6.54 Å². The number of nitrogens with zero attached hydrogens (tertiary/aromatic N) is 2. The second-order valence-corrected chi connectivity index (χ2v) is 6.05. The lowest BCUT2D eigenvalue weighted by Crippen LogP contribution is -2.42. The Hall–Kier alpha value is -2.15. The number of H-pyrrole nitrogens is 1. The van der Waals surface area contributed by atoms with Crippen molar-refractivity contribution in [3.8, 4) is 0 Å². The molecule has 3 heterocycles. The lowest BCUT2D eigenvalue weighted by Gasteiger charge is -2.33. The SMILES string of the molecule is C[C@H]1c2ccsc2CCN1C(=O)Cn1ccc(=O)[nH]c1=O. The number of rotatable bonds is 2. The summed E-state index contributed by atoms with van der Waals surface area (Å²) in [7, 11) is 0. The molecule has 0 aliphatic carbocycles. The monoisotopic (exact) mass is 305 g/mol. The molecule has 110 valence electrons. The van der Waals surface area contributed by atoms with E-state index in [0.29, 0.717) is 6.54 Å². The van der Waals surface area contributed by atoms with Crippen molar-refractivity contribution >= 4 is 17.2 Å². The van der Waals surface area contributed by atoms with Crippen LogP contribution in [-0.2, 0) is 17.8 Å². The summed E-state index contributed by atoms with van der Waals surface area (Å²) < 4.78 is 1.22. The van der Waals surface area contributed by atoms with E-state index in [9.17, 15) is 14.4 Å². The Morgan fingerprint density at radius 1 is 1.43 bits per heavy atom. The van der Waals surface area contributed by atoms with Gasteiger partial charge in [-0.3, -0.25) is 19.1 Å². The van der Waals surface area contributed by atoms with Crippen LogP contribution in [0.4, 0.5) is 0 Å². The molecule has 3 rings (SSSR count). The van der Waals surface area contributed by atoms with Gasteiger partial charge >= 0.3 is 5.69 Å². The van der Waals surface area contributed by atoms with E-state index in [1.165, 1.54) is 27.3 Å². The third-order valence-corrected chi connectivity index (χ3v) is 4.80. The normalized spacial score (nSPS) is 17.6. The first-order chi connectivity index (χ1) is 10.1. The van der Waals surface area contributed by atoms with Crippen molar-refractivity contribution < 1.29 is 4.79 Å². The highest BCUT2D eigenvalue weighted by atomic mass is 32.1. The molecule has 0 unspecified atom stereocenters. The first kappa shape index (κ1) is 13.8. The second kappa shape index (κ2) is 5.33. The van der Waals surface area contributed by atoms with Crippen LogP contribution in [0.25, 0.3) is 0 Å². The molecule has 1 aliphatic heterocycles. The summed E-state index contributed by atoms with van der Waals surface area (Å²) in [5.41, 5.74) is 0.170. The molecule has 1 aliphatic rings. The second-order valence-electron chi connectivity index (χ2n) is 5.05. The Labute approximate surface area is 124 Å². The molecule has 0 saturated heterocycles. The average Bonchev–Trinajstić information content (AvgIpc) is 2.91. The summed E-state index contributed by atoms with van der Waals surface area (Å²) in [4.78, 5) is 40.3. The molecule has 1 atom stereocenters. The van der Waals surface area contributed by atoms with E-state index in [2.05, 4.69) is 11.1 Å². The highest BCUT2D eigenvalue weighted by molar-refractivity contribution is 7.10. The minimum absolute atomic E-state index is 0.0194. The van der Waals surface area contributed by atoms with E-state index < -0.39 is 11.2 Å². The standard InChI is InChI=1S/C14H15N3O3S/c1-9-10-4-7-21-11(10)2-6-17(9)13(19)8-16-5-3-12(18)15-14(16)20/h3-5,7,9H,2,6,8H2,1H3,(H,15,18,20)/t9-/m0/s1. The Morgan fingerprint density at radius 2 is 2.24 bits per heavy atom. The van der Waals surface area contributed by atoms with Crippen molar-refractivity contribution in [1.29, 1.82) is 0 Å². The van der Waals surface area contributed by atoms with Gasteiger partial charge in [0.05, 0.1) is 6.04 Å². The molecule has 0 aromatic carbocycles. The van der Waals surface area contributed by atoms with Crippen LogP contribution in [0, 0.1) is 0 Å². The number of hydrogen-bond donors (Lipinski definition) is 1. The van der Waals surface area contributed by atoms with E-state index in [1.54, 1.807) is 16.2 Å². The van der Waals surface area contributed by atoms with Gasteiger partial charge < -0.3 is 4.90 Å². The molecule has 2 aromatic rings. The van der Waals surface area contributed by atoms with Crippen LogP contribution in [-0.4, -0.2) is 26.9 Å². The quantitative estimate of drug-likeness (QED) is 0.889. The Morgan fingerprint density at radius 3 is 3.00 bits per heavy atom. The predicted molar refractivity (Wildman–Crippen MR) is 79.5 cm³/mol. The Bertz CT molecular complexity index is 789. The molecule has 0 saturated carbocycles. The van der Waals surface area contributed by atoms with Crippen LogP contribution in [0.1, 0.15) is 23.4 Å². The number of carbonyl (C=O) groups excluding carboxylic acids is 1. The number of aromatic nitrogens is 2. The van der Waals surface area contributed by atoms with E-state index in [1.807, 2.05) is 12.3 Å². The van der Waals surface area contributed by atoms with E-state index in [4.69, 9.17) is 0 Å². The van der Waals surface area contributed by atoms with Gasteiger partial charge in [-0.15, -0.1) is 11.3 Å². The zero-order chi connectivity index (χ0) is 15.0. The fraction of sp³-hybridized carbons (Fsp3) is 0.357. The number of aromatic amines is 1. The largest absolute Gasteiger partial charge is 0.334 e. The highest BCUT2D eigenvalue weighted by Crippen LogP contribution is 2.32. The third kappa shape index (κ3) is 2.56. The minimum atomic E-state index is -0.559. The summed E-state index contributed by atoms with van der Waals surface area (Å²) in [6.45, 7) is 2.60. The van der Waals surface area contributed by atoms with Crippen LogP contribution in [0.15, 0.2) is 33.3 Å². The molecule has 0 fully saturated rings. The van der Waals surface area contributed by atoms with Crippen LogP contribution < -0.4 is 11.2 Å². The van der Waals surface area contributed by atoms with Crippen LogP contribution in [0.2, 0.25) is 0 Å². The molecule has 0 radical (unpaired) electrons. The van der Waals surface area contributed by atoms with Crippen molar-refractivity contribution in [2.75, 3.05) is 6.54 Å². The van der Waals surface area contributed by atoms with Crippen LogP contribution in [0.3, 0.4) is 0 Å². The number of nitrogens with one attached hydrogen (secondary N) is 1. The van der Waals surface area contributed by atoms with E-state index >= 15 is 0 Å². The molecule has 21 heavy (non-hydrogen) atoms. The fourth-order valence-electron chi connectivity index (χ4n) is 2.66. The van der Waals surface area contributed by atoms with Gasteiger partial charge in [0, 0.05) is 23.7 Å². The molecule has 0 spiro atoms. The molecule has 1 N–H and O–H groups in total. The number of amides is 1. The van der Waals surface area contributed by atoms with Crippen molar-refractivity contribution in [3.63, 3.8) is 0 Å². The first-order valence-electron chi connectivity index (χ1n) is 6.72. The summed E-state index contributed by atoms with van der Waals surface area (Å²) in [6.07, 6.45) is 2.20. The molecular weight excluding hydrogens is 290 g/mol. The molecule has 6 nitrogen and oxygen atoms in total. The number of hydrogen-bond acceptors (Lipinski definition) is 4.